The maximum Gasteiger partial charge on any atom is 0.282 e. The first-order valence-electron chi connectivity index (χ1n) is 6.53. The van der Waals surface area contributed by atoms with Gasteiger partial charge in [0.2, 0.25) is 0 Å². The lowest BCUT2D eigenvalue weighted by molar-refractivity contribution is -0.117. The van der Waals surface area contributed by atoms with Gasteiger partial charge in [-0.2, -0.15) is 0 Å². The summed E-state index contributed by atoms with van der Waals surface area (Å²) in [7, 11) is 0. The highest BCUT2D eigenvalue weighted by Crippen LogP contribution is 2.29. The summed E-state index contributed by atoms with van der Waals surface area (Å²) in [5.41, 5.74) is 3.65. The highest BCUT2D eigenvalue weighted by Gasteiger charge is 2.34. The van der Waals surface area contributed by atoms with Crippen LogP contribution < -0.4 is 10.4 Å². The predicted octanol–water partition coefficient (Wildman–Crippen LogP) is 4.11. The number of hydrogen-bond acceptors (Lipinski definition) is 2. The van der Waals surface area contributed by atoms with Crippen molar-refractivity contribution >= 4 is 58.4 Å². The third-order valence-electron chi connectivity index (χ3n) is 3.23. The fourth-order valence-corrected chi connectivity index (χ4v) is 2.51. The molecule has 0 saturated carbocycles. The van der Waals surface area contributed by atoms with Crippen LogP contribution in [0.4, 0.5) is 5.69 Å². The number of halogens is 3. The molecule has 1 saturated heterocycles. The van der Waals surface area contributed by atoms with E-state index in [1.165, 1.54) is 12.1 Å². The Bertz CT molecular complexity index is 832. The van der Waals surface area contributed by atoms with Crippen molar-refractivity contribution in [2.45, 2.75) is 0 Å². The number of nitrogens with zero attached hydrogens (tertiary/aromatic N) is 1. The molecule has 0 radical (unpaired) electrons. The fraction of sp³-hybridized carbons (Fsp3) is 0. The van der Waals surface area contributed by atoms with E-state index < -0.39 is 11.8 Å². The maximum atomic E-state index is 12.5. The molecule has 7 heteroatoms. The molecular formula is C16H9Cl3N2O2. The number of rotatable bonds is 2. The molecule has 0 bridgehead atoms. The molecule has 0 aliphatic carbocycles. The Balaban J connectivity index is 1.93. The normalized spacial score (nSPS) is 16.1. The van der Waals surface area contributed by atoms with E-state index in [1.54, 1.807) is 36.4 Å². The van der Waals surface area contributed by atoms with Crippen LogP contribution >= 0.6 is 34.8 Å². The highest BCUT2D eigenvalue weighted by atomic mass is 35.5. The highest BCUT2D eigenvalue weighted by molar-refractivity contribution is 6.42. The van der Waals surface area contributed by atoms with Gasteiger partial charge in [-0.1, -0.05) is 46.9 Å². The second kappa shape index (κ2) is 6.24. The van der Waals surface area contributed by atoms with Gasteiger partial charge in [-0.25, -0.2) is 5.01 Å². The largest absolute Gasteiger partial charge is 0.282 e. The van der Waals surface area contributed by atoms with Gasteiger partial charge >= 0.3 is 0 Å². The summed E-state index contributed by atoms with van der Waals surface area (Å²) in [6.07, 6.45) is 1.51. The number of carbonyl (C=O) groups is 2. The zero-order valence-corrected chi connectivity index (χ0v) is 13.8. The smallest absolute Gasteiger partial charge is 0.267 e. The molecule has 2 aromatic carbocycles. The number of amides is 2. The first-order chi connectivity index (χ1) is 11.0. The van der Waals surface area contributed by atoms with E-state index in [1.807, 2.05) is 0 Å². The number of benzene rings is 2. The zero-order chi connectivity index (χ0) is 16.6. The lowest BCUT2D eigenvalue weighted by atomic mass is 10.1. The molecule has 0 unspecified atom stereocenters. The molecule has 1 heterocycles. The van der Waals surface area contributed by atoms with E-state index in [0.717, 1.165) is 5.01 Å². The Hall–Kier alpha value is -2.01. The molecule has 1 aliphatic heterocycles. The second-order valence-corrected chi connectivity index (χ2v) is 6.04. The Labute approximate surface area is 147 Å². The molecular weight excluding hydrogens is 359 g/mol. The summed E-state index contributed by atoms with van der Waals surface area (Å²) < 4.78 is 0. The minimum absolute atomic E-state index is 0.0263. The average Bonchev–Trinajstić information content (AvgIpc) is 2.80. The summed E-state index contributed by atoms with van der Waals surface area (Å²) >= 11 is 17.6. The standard InChI is InChI=1S/C16H9Cl3N2O2/c17-10-3-1-9(2-4-10)7-12-15(22)20-21(16(12)23)11-5-6-13(18)14(19)8-11/h1-8H,(H,20,22)/b12-7+. The molecule has 1 N–H and O–H groups in total. The minimum atomic E-state index is -0.490. The minimum Gasteiger partial charge on any atom is -0.267 e. The van der Waals surface area contributed by atoms with E-state index in [0.29, 0.717) is 26.3 Å². The van der Waals surface area contributed by atoms with Crippen LogP contribution in [-0.2, 0) is 9.59 Å². The molecule has 3 rings (SSSR count). The third kappa shape index (κ3) is 3.20. The first kappa shape index (κ1) is 15.9. The van der Waals surface area contributed by atoms with Crippen molar-refractivity contribution in [2.24, 2.45) is 0 Å². The number of anilines is 1. The average molecular weight is 368 g/mol. The quantitative estimate of drug-likeness (QED) is 0.641. The van der Waals surface area contributed by atoms with Crippen molar-refractivity contribution in [1.82, 2.24) is 5.43 Å². The van der Waals surface area contributed by atoms with Gasteiger partial charge in [-0.3, -0.25) is 15.0 Å². The summed E-state index contributed by atoms with van der Waals surface area (Å²) in [6, 6.07) is 11.5. The summed E-state index contributed by atoms with van der Waals surface area (Å²) in [5.74, 6) is -0.959. The Morgan fingerprint density at radius 2 is 1.61 bits per heavy atom. The van der Waals surface area contributed by atoms with E-state index in [2.05, 4.69) is 5.43 Å². The SMILES string of the molecule is O=C1NN(c2ccc(Cl)c(Cl)c2)C(=O)/C1=C/c1ccc(Cl)cc1. The molecule has 2 aromatic rings. The molecule has 2 amide bonds. The van der Waals surface area contributed by atoms with Crippen LogP contribution in [0, 0.1) is 0 Å². The van der Waals surface area contributed by atoms with Crippen LogP contribution in [-0.4, -0.2) is 11.8 Å². The molecule has 1 aliphatic rings. The van der Waals surface area contributed by atoms with Crippen LogP contribution in [0.15, 0.2) is 48.0 Å². The van der Waals surface area contributed by atoms with Gasteiger partial charge in [0.05, 0.1) is 15.7 Å². The van der Waals surface area contributed by atoms with Gasteiger partial charge in [0.1, 0.15) is 5.57 Å². The summed E-state index contributed by atoms with van der Waals surface area (Å²) in [6.45, 7) is 0. The number of carbonyl (C=O) groups excluding carboxylic acids is 2. The zero-order valence-electron chi connectivity index (χ0n) is 11.5. The van der Waals surface area contributed by atoms with Crippen LogP contribution in [0.25, 0.3) is 6.08 Å². The van der Waals surface area contributed by atoms with Crippen molar-refractivity contribution in [1.29, 1.82) is 0 Å². The predicted molar refractivity (Wildman–Crippen MR) is 91.5 cm³/mol. The number of hydrogen-bond donors (Lipinski definition) is 1. The van der Waals surface area contributed by atoms with Crippen molar-refractivity contribution < 1.29 is 9.59 Å². The lowest BCUT2D eigenvalue weighted by Crippen LogP contribution is -2.35. The van der Waals surface area contributed by atoms with Crippen LogP contribution in [0.5, 0.6) is 0 Å². The molecule has 1 fully saturated rings. The van der Waals surface area contributed by atoms with Gasteiger partial charge in [0.25, 0.3) is 11.8 Å². The number of hydrazine groups is 1. The van der Waals surface area contributed by atoms with Crippen molar-refractivity contribution in [3.63, 3.8) is 0 Å². The topological polar surface area (TPSA) is 49.4 Å². The molecule has 116 valence electrons. The van der Waals surface area contributed by atoms with Gasteiger partial charge in [0.15, 0.2) is 0 Å². The van der Waals surface area contributed by atoms with E-state index >= 15 is 0 Å². The first-order valence-corrected chi connectivity index (χ1v) is 7.67. The summed E-state index contributed by atoms with van der Waals surface area (Å²) in [4.78, 5) is 24.5. The van der Waals surface area contributed by atoms with Gasteiger partial charge < -0.3 is 0 Å². The van der Waals surface area contributed by atoms with Crippen LogP contribution in [0.3, 0.4) is 0 Å². The van der Waals surface area contributed by atoms with Crippen LogP contribution in [0.2, 0.25) is 15.1 Å². The Morgan fingerprint density at radius 3 is 2.26 bits per heavy atom. The maximum absolute atomic E-state index is 12.5. The van der Waals surface area contributed by atoms with E-state index in [4.69, 9.17) is 34.8 Å². The van der Waals surface area contributed by atoms with Gasteiger partial charge in [0, 0.05) is 5.02 Å². The van der Waals surface area contributed by atoms with Crippen molar-refractivity contribution in [3.8, 4) is 0 Å². The van der Waals surface area contributed by atoms with Crippen molar-refractivity contribution in [2.75, 3.05) is 5.01 Å². The third-order valence-corrected chi connectivity index (χ3v) is 4.22. The van der Waals surface area contributed by atoms with Crippen molar-refractivity contribution in [3.05, 3.63) is 68.7 Å². The fourth-order valence-electron chi connectivity index (χ4n) is 2.09. The Kier molecular flexibility index (Phi) is 4.31. The van der Waals surface area contributed by atoms with Gasteiger partial charge in [-0.05, 0) is 42.0 Å². The van der Waals surface area contributed by atoms with Crippen LogP contribution in [0.1, 0.15) is 5.56 Å². The second-order valence-electron chi connectivity index (χ2n) is 4.79. The molecule has 23 heavy (non-hydrogen) atoms. The molecule has 4 nitrogen and oxygen atoms in total. The summed E-state index contributed by atoms with van der Waals surface area (Å²) in [5, 5.41) is 2.37. The monoisotopic (exact) mass is 366 g/mol. The Morgan fingerprint density at radius 1 is 0.913 bits per heavy atom. The lowest BCUT2D eigenvalue weighted by Gasteiger charge is -2.15. The number of nitrogens with one attached hydrogen (secondary N) is 1. The van der Waals surface area contributed by atoms with E-state index in [-0.39, 0.29) is 5.57 Å². The van der Waals surface area contributed by atoms with E-state index in [9.17, 15) is 9.59 Å². The van der Waals surface area contributed by atoms with Gasteiger partial charge in [-0.15, -0.1) is 0 Å². The molecule has 0 aromatic heterocycles. The molecule has 0 spiro atoms. The molecule has 0 atom stereocenters.